The molecule has 1 aromatic rings. The molecule has 2 rings (SSSR count). The lowest BCUT2D eigenvalue weighted by atomic mass is 9.80. The highest BCUT2D eigenvalue weighted by Gasteiger charge is 2.27. The smallest absolute Gasteiger partial charge is 0.341 e. The Kier molecular flexibility index (Phi) is 4.45. The molecule has 3 atom stereocenters. The maximum Gasteiger partial charge on any atom is 0.341 e. The Morgan fingerprint density at radius 3 is 2.79 bits per heavy atom. The minimum absolute atomic E-state index is 0.0676. The van der Waals surface area contributed by atoms with Crippen molar-refractivity contribution in [1.82, 2.24) is 4.98 Å². The third kappa shape index (κ3) is 3.47. The zero-order valence-electron chi connectivity index (χ0n) is 11.1. The second-order valence-electron chi connectivity index (χ2n) is 5.32. The topological polar surface area (TPSA) is 59.4 Å². The van der Waals surface area contributed by atoms with Crippen molar-refractivity contribution in [1.29, 1.82) is 0 Å². The summed E-state index contributed by atoms with van der Waals surface area (Å²) in [5, 5.41) is 9.17. The molecule has 1 saturated carbocycles. The molecule has 1 heterocycles. The van der Waals surface area contributed by atoms with E-state index in [9.17, 15) is 9.90 Å². The van der Waals surface area contributed by atoms with E-state index in [-0.39, 0.29) is 17.5 Å². The zero-order valence-corrected chi connectivity index (χ0v) is 12.7. The molecule has 1 aromatic heterocycles. The van der Waals surface area contributed by atoms with Crippen LogP contribution < -0.4 is 4.74 Å². The molecule has 0 bridgehead atoms. The number of carboxylic acids is 1. The summed E-state index contributed by atoms with van der Waals surface area (Å²) in [6.07, 6.45) is 4.67. The molecule has 4 nitrogen and oxygen atoms in total. The van der Waals surface area contributed by atoms with Gasteiger partial charge in [-0.25, -0.2) is 9.78 Å². The van der Waals surface area contributed by atoms with Crippen LogP contribution in [0, 0.1) is 11.8 Å². The number of carbonyl (C=O) groups is 1. The lowest BCUT2D eigenvalue weighted by Crippen LogP contribution is -2.29. The molecule has 0 saturated heterocycles. The lowest BCUT2D eigenvalue weighted by Gasteiger charge is -2.32. The molecule has 3 unspecified atom stereocenters. The van der Waals surface area contributed by atoms with Crippen LogP contribution in [0.1, 0.15) is 43.5 Å². The second-order valence-corrected chi connectivity index (χ2v) is 6.23. The Labute approximate surface area is 121 Å². The molecular weight excluding hydrogens is 310 g/mol. The van der Waals surface area contributed by atoms with E-state index in [0.717, 1.165) is 19.3 Å². The first-order chi connectivity index (χ1) is 8.97. The minimum atomic E-state index is -1.01. The van der Waals surface area contributed by atoms with Crippen LogP contribution in [0.2, 0.25) is 0 Å². The van der Waals surface area contributed by atoms with Crippen molar-refractivity contribution in [3.05, 3.63) is 22.3 Å². The van der Waals surface area contributed by atoms with E-state index in [0.29, 0.717) is 16.3 Å². The maximum absolute atomic E-state index is 11.2. The fraction of sp³-hybridized carbons (Fsp3) is 0.571. The van der Waals surface area contributed by atoms with Gasteiger partial charge in [-0.05, 0) is 53.1 Å². The number of aromatic carboxylic acids is 1. The average molecular weight is 328 g/mol. The summed E-state index contributed by atoms with van der Waals surface area (Å²) in [6.45, 7) is 4.47. The number of nitrogens with zero attached hydrogens (tertiary/aromatic N) is 1. The Morgan fingerprint density at radius 1 is 1.42 bits per heavy atom. The van der Waals surface area contributed by atoms with Gasteiger partial charge in [0.2, 0.25) is 5.88 Å². The summed E-state index contributed by atoms with van der Waals surface area (Å²) in [5.74, 6) is 0.516. The number of carboxylic acid groups (broad SMARTS) is 1. The summed E-state index contributed by atoms with van der Waals surface area (Å²) >= 11 is 3.23. The van der Waals surface area contributed by atoms with Crippen molar-refractivity contribution < 1.29 is 14.6 Å². The number of pyridine rings is 1. The molecule has 1 N–H and O–H groups in total. The molecule has 0 aromatic carbocycles. The van der Waals surface area contributed by atoms with Crippen molar-refractivity contribution >= 4 is 21.9 Å². The number of halogens is 1. The van der Waals surface area contributed by atoms with Gasteiger partial charge in [0.15, 0.2) is 0 Å². The van der Waals surface area contributed by atoms with E-state index in [4.69, 9.17) is 4.74 Å². The maximum atomic E-state index is 11.2. The van der Waals surface area contributed by atoms with Gasteiger partial charge >= 0.3 is 5.97 Å². The molecule has 0 aliphatic heterocycles. The molecule has 19 heavy (non-hydrogen) atoms. The third-order valence-electron chi connectivity index (χ3n) is 3.88. The highest BCUT2D eigenvalue weighted by molar-refractivity contribution is 9.10. The van der Waals surface area contributed by atoms with Gasteiger partial charge in [0, 0.05) is 10.7 Å². The van der Waals surface area contributed by atoms with Gasteiger partial charge in [0.05, 0.1) is 0 Å². The SMILES string of the molecule is CC1CCC(Oc2ncc(Br)cc2C(=O)O)CC1C. The van der Waals surface area contributed by atoms with Crippen LogP contribution >= 0.6 is 15.9 Å². The number of aromatic nitrogens is 1. The van der Waals surface area contributed by atoms with Gasteiger partial charge in [-0.15, -0.1) is 0 Å². The standard InChI is InChI=1S/C14H18BrNO3/c1-8-3-4-11(5-9(8)2)19-13-12(14(17)18)6-10(15)7-16-13/h6-9,11H,3-5H2,1-2H3,(H,17,18). The molecule has 1 aliphatic carbocycles. The molecule has 0 radical (unpaired) electrons. The van der Waals surface area contributed by atoms with E-state index in [2.05, 4.69) is 34.8 Å². The summed E-state index contributed by atoms with van der Waals surface area (Å²) in [7, 11) is 0. The quantitative estimate of drug-likeness (QED) is 0.918. The zero-order chi connectivity index (χ0) is 14.0. The van der Waals surface area contributed by atoms with E-state index < -0.39 is 5.97 Å². The Hall–Kier alpha value is -1.10. The van der Waals surface area contributed by atoms with Crippen LogP contribution in [0.5, 0.6) is 5.88 Å². The fourth-order valence-corrected chi connectivity index (χ4v) is 2.77. The van der Waals surface area contributed by atoms with Gasteiger partial charge in [0.25, 0.3) is 0 Å². The first kappa shape index (κ1) is 14.3. The van der Waals surface area contributed by atoms with Crippen LogP contribution in [0.15, 0.2) is 16.7 Å². The molecular formula is C14H18BrNO3. The molecule has 0 spiro atoms. The van der Waals surface area contributed by atoms with Crippen molar-refractivity contribution in [2.75, 3.05) is 0 Å². The van der Waals surface area contributed by atoms with Crippen LogP contribution in [0.3, 0.4) is 0 Å². The predicted octanol–water partition coefficient (Wildman–Crippen LogP) is 3.75. The Bertz CT molecular complexity index is 478. The molecule has 5 heteroatoms. The van der Waals surface area contributed by atoms with Crippen molar-refractivity contribution in [2.45, 2.75) is 39.2 Å². The number of rotatable bonds is 3. The number of hydrogen-bond acceptors (Lipinski definition) is 3. The van der Waals surface area contributed by atoms with Crippen LogP contribution in [0.4, 0.5) is 0 Å². The molecule has 1 fully saturated rings. The lowest BCUT2D eigenvalue weighted by molar-refractivity contribution is 0.0670. The first-order valence-electron chi connectivity index (χ1n) is 6.53. The van der Waals surface area contributed by atoms with Gasteiger partial charge in [-0.1, -0.05) is 13.8 Å². The Balaban J connectivity index is 2.13. The number of ether oxygens (including phenoxy) is 1. The monoisotopic (exact) mass is 327 g/mol. The van der Waals surface area contributed by atoms with Gasteiger partial charge < -0.3 is 9.84 Å². The van der Waals surface area contributed by atoms with E-state index in [1.54, 1.807) is 6.20 Å². The second kappa shape index (κ2) is 5.90. The largest absolute Gasteiger partial charge is 0.477 e. The highest BCUT2D eigenvalue weighted by atomic mass is 79.9. The summed E-state index contributed by atoms with van der Waals surface area (Å²) < 4.78 is 6.45. The van der Waals surface area contributed by atoms with E-state index in [1.807, 2.05) is 0 Å². The van der Waals surface area contributed by atoms with Crippen LogP contribution in [-0.4, -0.2) is 22.2 Å². The van der Waals surface area contributed by atoms with Crippen molar-refractivity contribution in [3.8, 4) is 5.88 Å². The summed E-state index contributed by atoms with van der Waals surface area (Å²) in [4.78, 5) is 15.3. The molecule has 1 aliphatic rings. The third-order valence-corrected chi connectivity index (χ3v) is 4.31. The highest BCUT2D eigenvalue weighted by Crippen LogP contribution is 2.32. The van der Waals surface area contributed by atoms with Crippen LogP contribution in [-0.2, 0) is 0 Å². The van der Waals surface area contributed by atoms with Gasteiger partial charge in [0.1, 0.15) is 11.7 Å². The van der Waals surface area contributed by atoms with E-state index in [1.165, 1.54) is 6.07 Å². The van der Waals surface area contributed by atoms with Gasteiger partial charge in [-0.3, -0.25) is 0 Å². The van der Waals surface area contributed by atoms with E-state index >= 15 is 0 Å². The molecule has 104 valence electrons. The van der Waals surface area contributed by atoms with Crippen molar-refractivity contribution in [2.24, 2.45) is 11.8 Å². The summed E-state index contributed by atoms with van der Waals surface area (Å²) in [6, 6.07) is 1.53. The predicted molar refractivity (Wildman–Crippen MR) is 75.5 cm³/mol. The normalized spacial score (nSPS) is 27.0. The first-order valence-corrected chi connectivity index (χ1v) is 7.32. The summed E-state index contributed by atoms with van der Waals surface area (Å²) in [5.41, 5.74) is 0.112. The molecule has 0 amide bonds. The fourth-order valence-electron chi connectivity index (χ4n) is 2.44. The van der Waals surface area contributed by atoms with Crippen LogP contribution in [0.25, 0.3) is 0 Å². The Morgan fingerprint density at radius 2 is 2.16 bits per heavy atom. The number of hydrogen-bond donors (Lipinski definition) is 1. The van der Waals surface area contributed by atoms with Crippen molar-refractivity contribution in [3.63, 3.8) is 0 Å². The minimum Gasteiger partial charge on any atom is -0.477 e. The average Bonchev–Trinajstić information content (AvgIpc) is 2.36. The van der Waals surface area contributed by atoms with Gasteiger partial charge in [-0.2, -0.15) is 0 Å².